The van der Waals surface area contributed by atoms with Crippen LogP contribution in [0.2, 0.25) is 0 Å². The molecule has 6 nitrogen and oxygen atoms in total. The predicted molar refractivity (Wildman–Crippen MR) is 348 cm³/mol. The molecule has 0 aliphatic carbocycles. The maximum atomic E-state index is 12.9. The molecular formula is C74H130O6. The molecule has 0 amide bonds. The molecular weight excluding hydrogens is 985 g/mol. The first-order valence-corrected chi connectivity index (χ1v) is 34.6. The maximum Gasteiger partial charge on any atom is 0.306 e. The SMILES string of the molecule is CC/C=C\C/C=C\C/C=C\C/C=C\C/C=C\C/C=C\CCCCCCCCCCCCC(=O)OCC(COC(=O)CCCCCCCCCCCCCCCCCC)OC(=O)CCCCCCCCC/C=C\CCCCCCCC. The smallest absolute Gasteiger partial charge is 0.306 e. The van der Waals surface area contributed by atoms with Crippen molar-refractivity contribution in [3.8, 4) is 0 Å². The Balaban J connectivity index is 4.30. The average Bonchev–Trinajstić information content (AvgIpc) is 3.46. The van der Waals surface area contributed by atoms with Gasteiger partial charge >= 0.3 is 17.9 Å². The van der Waals surface area contributed by atoms with Crippen molar-refractivity contribution in [1.29, 1.82) is 0 Å². The van der Waals surface area contributed by atoms with Crippen molar-refractivity contribution in [2.45, 2.75) is 354 Å². The van der Waals surface area contributed by atoms with Crippen molar-refractivity contribution in [3.05, 3.63) is 85.1 Å². The maximum absolute atomic E-state index is 12.9. The second kappa shape index (κ2) is 68.1. The van der Waals surface area contributed by atoms with Crippen LogP contribution in [0.1, 0.15) is 348 Å². The van der Waals surface area contributed by atoms with Crippen molar-refractivity contribution in [1.82, 2.24) is 0 Å². The summed E-state index contributed by atoms with van der Waals surface area (Å²) in [5, 5.41) is 0. The molecule has 0 saturated heterocycles. The van der Waals surface area contributed by atoms with E-state index in [1.54, 1.807) is 0 Å². The van der Waals surface area contributed by atoms with E-state index >= 15 is 0 Å². The number of allylic oxidation sites excluding steroid dienone is 14. The highest BCUT2D eigenvalue weighted by Gasteiger charge is 2.19. The molecule has 0 aromatic rings. The molecule has 0 fully saturated rings. The molecule has 0 saturated carbocycles. The Morgan fingerprint density at radius 3 is 0.775 bits per heavy atom. The molecule has 0 bridgehead atoms. The Labute approximate surface area is 496 Å². The molecule has 462 valence electrons. The van der Waals surface area contributed by atoms with Crippen LogP contribution in [0, 0.1) is 0 Å². The van der Waals surface area contributed by atoms with Gasteiger partial charge in [-0.05, 0) is 96.3 Å². The standard InChI is InChI=1S/C74H130O6/c1-4-7-10-13-16-19-22-25-28-31-32-33-34-35-36-37-38-39-40-41-42-44-46-49-52-55-58-61-64-67-73(76)79-70-71(69-78-72(75)66-63-60-57-54-51-48-45-30-27-24-21-18-15-12-9-6-3)80-74(77)68-65-62-59-56-53-50-47-43-29-26-23-20-17-14-11-8-5-2/h7,10,16,19,25-26,28-29,32-33,35-36,38-39,71H,4-6,8-9,11-15,17-18,20-24,27,30-31,34,37,40-70H2,1-3H3/b10-7-,19-16-,28-25-,29-26-,33-32-,36-35-,39-38-. The highest BCUT2D eigenvalue weighted by Crippen LogP contribution is 2.17. The molecule has 80 heavy (non-hydrogen) atoms. The summed E-state index contributed by atoms with van der Waals surface area (Å²) in [4.78, 5) is 38.4. The minimum absolute atomic E-state index is 0.0750. The molecule has 0 spiro atoms. The van der Waals surface area contributed by atoms with Crippen molar-refractivity contribution >= 4 is 17.9 Å². The van der Waals surface area contributed by atoms with E-state index in [-0.39, 0.29) is 31.1 Å². The summed E-state index contributed by atoms with van der Waals surface area (Å²) in [5.41, 5.74) is 0. The molecule has 1 atom stereocenters. The molecule has 0 aromatic heterocycles. The van der Waals surface area contributed by atoms with Crippen LogP contribution in [-0.4, -0.2) is 37.2 Å². The average molecular weight is 1120 g/mol. The number of carbonyl (C=O) groups excluding carboxylic acids is 3. The van der Waals surface area contributed by atoms with Gasteiger partial charge in [0, 0.05) is 19.3 Å². The van der Waals surface area contributed by atoms with E-state index in [4.69, 9.17) is 14.2 Å². The predicted octanol–water partition coefficient (Wildman–Crippen LogP) is 23.8. The molecule has 0 N–H and O–H groups in total. The molecule has 0 aromatic carbocycles. The van der Waals surface area contributed by atoms with Crippen molar-refractivity contribution in [2.24, 2.45) is 0 Å². The Morgan fingerprint density at radius 2 is 0.487 bits per heavy atom. The summed E-state index contributed by atoms with van der Waals surface area (Å²) >= 11 is 0. The van der Waals surface area contributed by atoms with Crippen LogP contribution in [0.4, 0.5) is 0 Å². The molecule has 0 rings (SSSR count). The molecule has 0 radical (unpaired) electrons. The largest absolute Gasteiger partial charge is 0.462 e. The van der Waals surface area contributed by atoms with Crippen molar-refractivity contribution in [2.75, 3.05) is 13.2 Å². The van der Waals surface area contributed by atoms with Crippen LogP contribution in [0.15, 0.2) is 85.1 Å². The summed E-state index contributed by atoms with van der Waals surface area (Å²) in [7, 11) is 0. The van der Waals surface area contributed by atoms with Gasteiger partial charge in [0.15, 0.2) is 6.10 Å². The van der Waals surface area contributed by atoms with Gasteiger partial charge in [-0.2, -0.15) is 0 Å². The number of hydrogen-bond acceptors (Lipinski definition) is 6. The monoisotopic (exact) mass is 1110 g/mol. The number of unbranched alkanes of at least 4 members (excludes halogenated alkanes) is 38. The van der Waals surface area contributed by atoms with Crippen LogP contribution in [-0.2, 0) is 28.6 Å². The van der Waals surface area contributed by atoms with Gasteiger partial charge in [0.1, 0.15) is 13.2 Å². The quantitative estimate of drug-likeness (QED) is 0.0261. The first-order chi connectivity index (χ1) is 39.5. The van der Waals surface area contributed by atoms with E-state index in [2.05, 4.69) is 106 Å². The summed E-state index contributed by atoms with van der Waals surface area (Å²) in [5.74, 6) is -0.865. The van der Waals surface area contributed by atoms with Crippen LogP contribution < -0.4 is 0 Å². The molecule has 1 unspecified atom stereocenters. The lowest BCUT2D eigenvalue weighted by atomic mass is 10.0. The van der Waals surface area contributed by atoms with Crippen LogP contribution in [0.3, 0.4) is 0 Å². The van der Waals surface area contributed by atoms with Gasteiger partial charge in [-0.25, -0.2) is 0 Å². The zero-order chi connectivity index (χ0) is 57.8. The summed E-state index contributed by atoms with van der Waals surface area (Å²) in [6.07, 6.45) is 90.2. The van der Waals surface area contributed by atoms with E-state index in [0.29, 0.717) is 19.3 Å². The highest BCUT2D eigenvalue weighted by atomic mass is 16.6. The van der Waals surface area contributed by atoms with Gasteiger partial charge in [0.25, 0.3) is 0 Å². The van der Waals surface area contributed by atoms with Gasteiger partial charge < -0.3 is 14.2 Å². The fourth-order valence-corrected chi connectivity index (χ4v) is 9.97. The zero-order valence-corrected chi connectivity index (χ0v) is 53.1. The molecule has 0 heterocycles. The molecule has 0 aliphatic heterocycles. The molecule has 0 aliphatic rings. The van der Waals surface area contributed by atoms with Gasteiger partial charge in [-0.15, -0.1) is 0 Å². The Morgan fingerprint density at radius 1 is 0.263 bits per heavy atom. The van der Waals surface area contributed by atoms with Gasteiger partial charge in [-0.3, -0.25) is 14.4 Å². The summed E-state index contributed by atoms with van der Waals surface area (Å²) in [6, 6.07) is 0. The first kappa shape index (κ1) is 76.6. The van der Waals surface area contributed by atoms with Crippen molar-refractivity contribution in [3.63, 3.8) is 0 Å². The Bertz CT molecular complexity index is 1520. The lowest BCUT2D eigenvalue weighted by Crippen LogP contribution is -2.30. The third kappa shape index (κ3) is 65.4. The third-order valence-corrected chi connectivity index (χ3v) is 15.1. The fourth-order valence-electron chi connectivity index (χ4n) is 9.97. The normalized spacial score (nSPS) is 12.6. The van der Waals surface area contributed by atoms with Crippen molar-refractivity contribution < 1.29 is 28.6 Å². The van der Waals surface area contributed by atoms with Crippen LogP contribution in [0.5, 0.6) is 0 Å². The number of hydrogen-bond donors (Lipinski definition) is 0. The topological polar surface area (TPSA) is 78.9 Å². The third-order valence-electron chi connectivity index (χ3n) is 15.1. The Kier molecular flexibility index (Phi) is 65.2. The lowest BCUT2D eigenvalue weighted by Gasteiger charge is -2.18. The molecule has 6 heteroatoms. The van der Waals surface area contributed by atoms with Crippen LogP contribution >= 0.6 is 0 Å². The van der Waals surface area contributed by atoms with E-state index in [1.165, 1.54) is 212 Å². The number of ether oxygens (including phenoxy) is 3. The van der Waals surface area contributed by atoms with Gasteiger partial charge in [0.2, 0.25) is 0 Å². The number of rotatable bonds is 63. The minimum Gasteiger partial charge on any atom is -0.462 e. The van der Waals surface area contributed by atoms with Crippen LogP contribution in [0.25, 0.3) is 0 Å². The lowest BCUT2D eigenvalue weighted by molar-refractivity contribution is -0.167. The second-order valence-electron chi connectivity index (χ2n) is 23.1. The minimum atomic E-state index is -0.780. The van der Waals surface area contributed by atoms with E-state index < -0.39 is 6.10 Å². The van der Waals surface area contributed by atoms with Gasteiger partial charge in [0.05, 0.1) is 0 Å². The summed E-state index contributed by atoms with van der Waals surface area (Å²) < 4.78 is 17.0. The van der Waals surface area contributed by atoms with E-state index in [9.17, 15) is 14.4 Å². The van der Waals surface area contributed by atoms with E-state index in [0.717, 1.165) is 96.3 Å². The first-order valence-electron chi connectivity index (χ1n) is 34.6. The fraction of sp³-hybridized carbons (Fsp3) is 0.770. The number of carbonyl (C=O) groups is 3. The second-order valence-corrected chi connectivity index (χ2v) is 23.1. The van der Waals surface area contributed by atoms with E-state index in [1.807, 2.05) is 0 Å². The van der Waals surface area contributed by atoms with Gasteiger partial charge in [-0.1, -0.05) is 318 Å². The zero-order valence-electron chi connectivity index (χ0n) is 53.1. The Hall–Kier alpha value is -3.41. The summed E-state index contributed by atoms with van der Waals surface area (Å²) in [6.45, 7) is 6.57. The number of esters is 3. The highest BCUT2D eigenvalue weighted by molar-refractivity contribution is 5.71.